The fourth-order valence-corrected chi connectivity index (χ4v) is 6.71. The zero-order valence-electron chi connectivity index (χ0n) is 25.5. The van der Waals surface area contributed by atoms with E-state index in [4.69, 9.17) is 14.5 Å². The zero-order valence-corrected chi connectivity index (χ0v) is 26.3. The van der Waals surface area contributed by atoms with Crippen LogP contribution in [0.15, 0.2) is 100 Å². The third-order valence-electron chi connectivity index (χ3n) is 7.56. The van der Waals surface area contributed by atoms with E-state index < -0.39 is 12.0 Å². The molecular formula is C36H35N3O4S. The minimum absolute atomic E-state index is 0.117. The van der Waals surface area contributed by atoms with Crippen LogP contribution in [0, 0.1) is 0 Å². The number of nitrogens with zero attached hydrogens (tertiary/aromatic N) is 3. The number of hydrogen-bond donors (Lipinski definition) is 0. The average Bonchev–Trinajstić information content (AvgIpc) is 3.54. The molecule has 1 atom stereocenters. The zero-order chi connectivity index (χ0) is 31.0. The first kappa shape index (κ1) is 29.4. The highest BCUT2D eigenvalue weighted by atomic mass is 32.1. The first-order valence-corrected chi connectivity index (χ1v) is 15.7. The fourth-order valence-electron chi connectivity index (χ4n) is 5.72. The van der Waals surface area contributed by atoms with Gasteiger partial charge in [-0.05, 0) is 52.8 Å². The number of benzene rings is 3. The number of carbonyl (C=O) groups is 1. The van der Waals surface area contributed by atoms with Gasteiger partial charge in [0, 0.05) is 39.8 Å². The first-order chi connectivity index (χ1) is 21.3. The molecule has 5 aromatic rings. The summed E-state index contributed by atoms with van der Waals surface area (Å²) in [5.41, 5.74) is 4.07. The topological polar surface area (TPSA) is 74.8 Å². The molecule has 7 nitrogen and oxygen atoms in total. The van der Waals surface area contributed by atoms with Crippen molar-refractivity contribution >= 4 is 40.0 Å². The number of fused-ring (bicyclic) bond motifs is 2. The van der Waals surface area contributed by atoms with Crippen LogP contribution in [0.4, 0.5) is 0 Å². The van der Waals surface area contributed by atoms with E-state index in [1.807, 2.05) is 86.7 Å². The Hall–Kier alpha value is -4.69. The van der Waals surface area contributed by atoms with E-state index in [1.165, 1.54) is 11.3 Å². The number of para-hydroxylation sites is 2. The van der Waals surface area contributed by atoms with Gasteiger partial charge in [0.2, 0.25) is 0 Å². The predicted octanol–water partition coefficient (Wildman–Crippen LogP) is 6.26. The molecule has 44 heavy (non-hydrogen) atoms. The van der Waals surface area contributed by atoms with Crippen molar-refractivity contribution in [3.05, 3.63) is 127 Å². The van der Waals surface area contributed by atoms with E-state index in [2.05, 4.69) is 36.7 Å². The van der Waals surface area contributed by atoms with Crippen LogP contribution in [0.3, 0.4) is 0 Å². The normalized spacial score (nSPS) is 15.2. The van der Waals surface area contributed by atoms with Gasteiger partial charge in [0.05, 0.1) is 28.5 Å². The van der Waals surface area contributed by atoms with Crippen molar-refractivity contribution in [3.8, 4) is 5.75 Å². The van der Waals surface area contributed by atoms with E-state index >= 15 is 0 Å². The summed E-state index contributed by atoms with van der Waals surface area (Å²) in [5.74, 6) is 0.0759. The third-order valence-corrected chi connectivity index (χ3v) is 8.55. The lowest BCUT2D eigenvalue weighted by atomic mass is 9.92. The predicted molar refractivity (Wildman–Crippen MR) is 176 cm³/mol. The first-order valence-electron chi connectivity index (χ1n) is 14.9. The Labute approximate surface area is 260 Å². The van der Waals surface area contributed by atoms with E-state index in [9.17, 15) is 9.59 Å². The van der Waals surface area contributed by atoms with Gasteiger partial charge < -0.3 is 14.0 Å². The molecule has 0 saturated carbocycles. The van der Waals surface area contributed by atoms with Crippen LogP contribution in [0.2, 0.25) is 0 Å². The molecule has 0 radical (unpaired) electrons. The second-order valence-corrected chi connectivity index (χ2v) is 12.2. The van der Waals surface area contributed by atoms with E-state index in [0.29, 0.717) is 31.9 Å². The quantitative estimate of drug-likeness (QED) is 0.196. The molecule has 0 bridgehead atoms. The number of rotatable bonds is 8. The number of aromatic nitrogens is 2. The summed E-state index contributed by atoms with van der Waals surface area (Å²) in [6.07, 6.45) is 3.92. The van der Waals surface area contributed by atoms with Crippen molar-refractivity contribution in [1.29, 1.82) is 0 Å². The van der Waals surface area contributed by atoms with Crippen molar-refractivity contribution in [1.82, 2.24) is 9.13 Å². The van der Waals surface area contributed by atoms with Crippen molar-refractivity contribution < 1.29 is 14.3 Å². The summed E-state index contributed by atoms with van der Waals surface area (Å²) >= 11 is 1.32. The van der Waals surface area contributed by atoms with Crippen molar-refractivity contribution in [2.45, 2.75) is 52.8 Å². The molecule has 3 heterocycles. The number of carbonyl (C=O) groups excluding carboxylic acids is 1. The third kappa shape index (κ3) is 5.30. The summed E-state index contributed by atoms with van der Waals surface area (Å²) in [6.45, 7) is 10.1. The molecule has 0 N–H and O–H groups in total. The molecule has 0 unspecified atom stereocenters. The SMILES string of the molecule is CCOC(=O)C1=C(c2ccccc2)N=c2s/c(=C/c3cn(C(C)C)c4ccccc34)c(=O)n2[C@@H]1c1ccccc1OC(C)C. The Balaban J connectivity index is 1.67. The molecule has 3 aromatic carbocycles. The average molecular weight is 606 g/mol. The number of thiazole rings is 1. The number of esters is 1. The summed E-state index contributed by atoms with van der Waals surface area (Å²) in [7, 11) is 0. The fraction of sp³-hybridized carbons (Fsp3) is 0.250. The van der Waals surface area contributed by atoms with Gasteiger partial charge in [-0.3, -0.25) is 9.36 Å². The van der Waals surface area contributed by atoms with Crippen molar-refractivity contribution in [2.24, 2.45) is 4.99 Å². The van der Waals surface area contributed by atoms with Gasteiger partial charge in [-0.25, -0.2) is 9.79 Å². The van der Waals surface area contributed by atoms with E-state index in [0.717, 1.165) is 22.0 Å². The van der Waals surface area contributed by atoms with Crippen LogP contribution < -0.4 is 19.6 Å². The molecule has 0 amide bonds. The highest BCUT2D eigenvalue weighted by Gasteiger charge is 2.36. The maximum absolute atomic E-state index is 14.4. The molecule has 2 aromatic heterocycles. The maximum atomic E-state index is 14.4. The van der Waals surface area contributed by atoms with Gasteiger partial charge >= 0.3 is 5.97 Å². The van der Waals surface area contributed by atoms with E-state index in [-0.39, 0.29) is 24.3 Å². The summed E-state index contributed by atoms with van der Waals surface area (Å²) < 4.78 is 16.2. The molecule has 6 rings (SSSR count). The van der Waals surface area contributed by atoms with Gasteiger partial charge in [-0.2, -0.15) is 0 Å². The minimum Gasteiger partial charge on any atom is -0.491 e. The van der Waals surface area contributed by atoms with Gasteiger partial charge in [0.15, 0.2) is 4.80 Å². The molecule has 0 fully saturated rings. The second-order valence-electron chi connectivity index (χ2n) is 11.2. The highest BCUT2D eigenvalue weighted by molar-refractivity contribution is 7.07. The van der Waals surface area contributed by atoms with E-state index in [1.54, 1.807) is 11.5 Å². The van der Waals surface area contributed by atoms with Crippen LogP contribution in [0.1, 0.15) is 63.4 Å². The molecule has 0 saturated heterocycles. The molecule has 1 aliphatic heterocycles. The molecule has 1 aliphatic rings. The lowest BCUT2D eigenvalue weighted by Gasteiger charge is -2.27. The van der Waals surface area contributed by atoms with Crippen LogP contribution in [0.5, 0.6) is 5.75 Å². The summed E-state index contributed by atoms with van der Waals surface area (Å²) in [5, 5.41) is 1.07. The second kappa shape index (κ2) is 12.1. The largest absolute Gasteiger partial charge is 0.491 e. The number of ether oxygens (including phenoxy) is 2. The van der Waals surface area contributed by atoms with Crippen LogP contribution in [-0.2, 0) is 9.53 Å². The van der Waals surface area contributed by atoms with Crippen molar-refractivity contribution in [3.63, 3.8) is 0 Å². The molecule has 0 spiro atoms. The van der Waals surface area contributed by atoms with Crippen molar-refractivity contribution in [2.75, 3.05) is 6.61 Å². The Morgan fingerprint density at radius 1 is 0.977 bits per heavy atom. The molecule has 8 heteroatoms. The van der Waals surface area contributed by atoms with Gasteiger partial charge in [0.25, 0.3) is 5.56 Å². The Bertz CT molecular complexity index is 2070. The Morgan fingerprint density at radius 3 is 2.41 bits per heavy atom. The smallest absolute Gasteiger partial charge is 0.338 e. The Kier molecular flexibility index (Phi) is 8.10. The molecular weight excluding hydrogens is 570 g/mol. The minimum atomic E-state index is -0.811. The lowest BCUT2D eigenvalue weighted by molar-refractivity contribution is -0.138. The molecule has 224 valence electrons. The highest BCUT2D eigenvalue weighted by Crippen LogP contribution is 2.39. The maximum Gasteiger partial charge on any atom is 0.338 e. The van der Waals surface area contributed by atoms with Crippen LogP contribution in [0.25, 0.3) is 22.7 Å². The van der Waals surface area contributed by atoms with Crippen LogP contribution in [-0.4, -0.2) is 27.8 Å². The van der Waals surface area contributed by atoms with Gasteiger partial charge in [0.1, 0.15) is 11.8 Å². The lowest BCUT2D eigenvalue weighted by Crippen LogP contribution is -2.40. The van der Waals surface area contributed by atoms with Gasteiger partial charge in [-0.15, -0.1) is 0 Å². The standard InChI is InChI=1S/C36H35N3O4S/c1-6-42-35(41)31-32(24-14-8-7-9-15-24)37-36-39(33(31)27-17-11-13-19-29(27)43-23(4)5)34(40)30(44-36)20-25-21-38(22(2)3)28-18-12-10-16-26(25)28/h7-23,33H,6H2,1-5H3/b30-20+/t33-/m1/s1. The van der Waals surface area contributed by atoms with Gasteiger partial charge in [-0.1, -0.05) is 78.1 Å². The molecule has 0 aliphatic carbocycles. The van der Waals surface area contributed by atoms with Crippen LogP contribution >= 0.6 is 11.3 Å². The monoisotopic (exact) mass is 605 g/mol. The summed E-state index contributed by atoms with van der Waals surface area (Å²) in [6, 6.07) is 24.8. The number of hydrogen-bond acceptors (Lipinski definition) is 6. The summed E-state index contributed by atoms with van der Waals surface area (Å²) in [4.78, 5) is 33.8. The Morgan fingerprint density at radius 2 is 1.68 bits per heavy atom.